The van der Waals surface area contributed by atoms with Gasteiger partial charge in [-0.15, -0.1) is 0 Å². The second-order valence-electron chi connectivity index (χ2n) is 5.31. The lowest BCUT2D eigenvalue weighted by Crippen LogP contribution is -2.43. The van der Waals surface area contributed by atoms with Gasteiger partial charge >= 0.3 is 0 Å². The Hall–Kier alpha value is -1.55. The van der Waals surface area contributed by atoms with Gasteiger partial charge in [0, 0.05) is 24.1 Å². The van der Waals surface area contributed by atoms with Gasteiger partial charge in [-0.05, 0) is 37.5 Å². The molecule has 2 rings (SSSR count). The standard InChI is InChI=1S/C15H21NO3/c1-10-6-7-11(8-14(10)18)15(19)16-13-5-3-2-4-12(13)9-17/h6-8,12-13,17-18H,2-5,9H2,1H3,(H,16,19). The molecule has 0 spiro atoms. The normalized spacial score (nSPS) is 23.1. The van der Waals surface area contributed by atoms with Crippen molar-refractivity contribution in [1.82, 2.24) is 5.32 Å². The van der Waals surface area contributed by atoms with E-state index >= 15 is 0 Å². The molecule has 1 saturated carbocycles. The zero-order valence-corrected chi connectivity index (χ0v) is 11.2. The maximum absolute atomic E-state index is 12.1. The third-order valence-electron chi connectivity index (χ3n) is 3.93. The van der Waals surface area contributed by atoms with E-state index in [0.29, 0.717) is 5.56 Å². The zero-order valence-electron chi connectivity index (χ0n) is 11.2. The molecular weight excluding hydrogens is 242 g/mol. The van der Waals surface area contributed by atoms with E-state index in [9.17, 15) is 15.0 Å². The van der Waals surface area contributed by atoms with E-state index in [0.717, 1.165) is 31.2 Å². The summed E-state index contributed by atoms with van der Waals surface area (Å²) < 4.78 is 0. The Kier molecular flexibility index (Phi) is 4.43. The largest absolute Gasteiger partial charge is 0.508 e. The van der Waals surface area contributed by atoms with Crippen LogP contribution in [0.2, 0.25) is 0 Å². The third-order valence-corrected chi connectivity index (χ3v) is 3.93. The van der Waals surface area contributed by atoms with Gasteiger partial charge in [-0.1, -0.05) is 18.9 Å². The summed E-state index contributed by atoms with van der Waals surface area (Å²) in [5.41, 5.74) is 1.22. The summed E-state index contributed by atoms with van der Waals surface area (Å²) in [7, 11) is 0. The smallest absolute Gasteiger partial charge is 0.251 e. The highest BCUT2D eigenvalue weighted by Gasteiger charge is 2.26. The van der Waals surface area contributed by atoms with Crippen LogP contribution < -0.4 is 5.32 Å². The number of aliphatic hydroxyl groups is 1. The van der Waals surface area contributed by atoms with E-state index in [1.165, 1.54) is 6.07 Å². The molecule has 4 nitrogen and oxygen atoms in total. The molecule has 2 unspecified atom stereocenters. The number of aryl methyl sites for hydroxylation is 1. The molecule has 0 radical (unpaired) electrons. The maximum atomic E-state index is 12.1. The molecule has 0 heterocycles. The summed E-state index contributed by atoms with van der Waals surface area (Å²) in [6.07, 6.45) is 4.07. The van der Waals surface area contributed by atoms with Crippen molar-refractivity contribution in [3.63, 3.8) is 0 Å². The van der Waals surface area contributed by atoms with Gasteiger partial charge in [-0.25, -0.2) is 0 Å². The van der Waals surface area contributed by atoms with Gasteiger partial charge in [-0.3, -0.25) is 4.79 Å². The van der Waals surface area contributed by atoms with E-state index in [1.54, 1.807) is 19.1 Å². The molecule has 19 heavy (non-hydrogen) atoms. The van der Waals surface area contributed by atoms with Crippen LogP contribution in [0.15, 0.2) is 18.2 Å². The molecule has 1 aliphatic carbocycles. The Morgan fingerprint density at radius 2 is 2.11 bits per heavy atom. The van der Waals surface area contributed by atoms with E-state index < -0.39 is 0 Å². The minimum absolute atomic E-state index is 0.0368. The fourth-order valence-corrected chi connectivity index (χ4v) is 2.62. The summed E-state index contributed by atoms with van der Waals surface area (Å²) in [6.45, 7) is 1.91. The van der Waals surface area contributed by atoms with Crippen molar-refractivity contribution in [1.29, 1.82) is 0 Å². The summed E-state index contributed by atoms with van der Waals surface area (Å²) in [5.74, 6) is 0.104. The second-order valence-corrected chi connectivity index (χ2v) is 5.31. The molecule has 0 bridgehead atoms. The number of amides is 1. The first-order valence-corrected chi connectivity index (χ1v) is 6.83. The molecule has 1 aliphatic rings. The van der Waals surface area contributed by atoms with Gasteiger partial charge in [0.2, 0.25) is 0 Å². The first kappa shape index (κ1) is 13.9. The molecule has 2 atom stereocenters. The lowest BCUT2D eigenvalue weighted by atomic mass is 9.85. The summed E-state index contributed by atoms with van der Waals surface area (Å²) in [4.78, 5) is 12.1. The summed E-state index contributed by atoms with van der Waals surface area (Å²) >= 11 is 0. The van der Waals surface area contributed by atoms with Gasteiger partial charge < -0.3 is 15.5 Å². The number of phenolic OH excluding ortho intramolecular Hbond substituents is 1. The quantitative estimate of drug-likeness (QED) is 0.781. The Balaban J connectivity index is 2.05. The Morgan fingerprint density at radius 3 is 2.79 bits per heavy atom. The Morgan fingerprint density at radius 1 is 1.37 bits per heavy atom. The van der Waals surface area contributed by atoms with Crippen molar-refractivity contribution in [3.8, 4) is 5.75 Å². The van der Waals surface area contributed by atoms with Gasteiger partial charge in [0.05, 0.1) is 0 Å². The highest BCUT2D eigenvalue weighted by Crippen LogP contribution is 2.24. The van der Waals surface area contributed by atoms with E-state index in [-0.39, 0.29) is 30.2 Å². The molecule has 1 amide bonds. The molecule has 0 aromatic heterocycles. The summed E-state index contributed by atoms with van der Waals surface area (Å²) in [6, 6.07) is 4.96. The van der Waals surface area contributed by atoms with Crippen LogP contribution in [0.3, 0.4) is 0 Å². The highest BCUT2D eigenvalue weighted by atomic mass is 16.3. The first-order chi connectivity index (χ1) is 9.11. The summed E-state index contributed by atoms with van der Waals surface area (Å²) in [5, 5.41) is 21.9. The number of hydrogen-bond donors (Lipinski definition) is 3. The third kappa shape index (κ3) is 3.26. The van der Waals surface area contributed by atoms with Crippen molar-refractivity contribution in [2.45, 2.75) is 38.6 Å². The maximum Gasteiger partial charge on any atom is 0.251 e. The molecule has 1 aromatic rings. The van der Waals surface area contributed by atoms with Crippen molar-refractivity contribution in [2.24, 2.45) is 5.92 Å². The van der Waals surface area contributed by atoms with Crippen molar-refractivity contribution in [2.75, 3.05) is 6.61 Å². The number of hydrogen-bond acceptors (Lipinski definition) is 3. The monoisotopic (exact) mass is 263 g/mol. The SMILES string of the molecule is Cc1ccc(C(=O)NC2CCCCC2CO)cc1O. The van der Waals surface area contributed by atoms with Crippen LogP contribution in [-0.2, 0) is 0 Å². The van der Waals surface area contributed by atoms with E-state index in [1.807, 2.05) is 0 Å². The Bertz CT molecular complexity index is 459. The predicted molar refractivity (Wildman–Crippen MR) is 73.1 cm³/mol. The van der Waals surface area contributed by atoms with Crippen LogP contribution >= 0.6 is 0 Å². The average Bonchev–Trinajstić information content (AvgIpc) is 2.42. The van der Waals surface area contributed by atoms with Gasteiger partial charge in [0.1, 0.15) is 5.75 Å². The number of rotatable bonds is 3. The van der Waals surface area contributed by atoms with E-state index in [4.69, 9.17) is 0 Å². The van der Waals surface area contributed by atoms with Crippen LogP contribution in [0, 0.1) is 12.8 Å². The fourth-order valence-electron chi connectivity index (χ4n) is 2.62. The van der Waals surface area contributed by atoms with Crippen LogP contribution in [0.5, 0.6) is 5.75 Å². The first-order valence-electron chi connectivity index (χ1n) is 6.83. The zero-order chi connectivity index (χ0) is 13.8. The van der Waals surface area contributed by atoms with Crippen molar-refractivity contribution in [3.05, 3.63) is 29.3 Å². The number of nitrogens with one attached hydrogen (secondary N) is 1. The van der Waals surface area contributed by atoms with Gasteiger partial charge in [0.15, 0.2) is 0 Å². The minimum Gasteiger partial charge on any atom is -0.508 e. The number of carbonyl (C=O) groups is 1. The van der Waals surface area contributed by atoms with E-state index in [2.05, 4.69) is 5.32 Å². The number of benzene rings is 1. The molecule has 4 heteroatoms. The predicted octanol–water partition coefficient (Wildman–Crippen LogP) is 1.98. The number of aliphatic hydroxyl groups excluding tert-OH is 1. The topological polar surface area (TPSA) is 69.6 Å². The molecule has 1 aromatic carbocycles. The van der Waals surface area contributed by atoms with Crippen LogP contribution in [0.4, 0.5) is 0 Å². The van der Waals surface area contributed by atoms with Crippen LogP contribution in [0.25, 0.3) is 0 Å². The average molecular weight is 263 g/mol. The molecular formula is C15H21NO3. The van der Waals surface area contributed by atoms with Crippen molar-refractivity contribution >= 4 is 5.91 Å². The molecule has 104 valence electrons. The molecule has 0 saturated heterocycles. The number of aromatic hydroxyl groups is 1. The lowest BCUT2D eigenvalue weighted by Gasteiger charge is -2.30. The lowest BCUT2D eigenvalue weighted by molar-refractivity contribution is 0.0872. The molecule has 1 fully saturated rings. The number of phenols is 1. The van der Waals surface area contributed by atoms with Gasteiger partial charge in [-0.2, -0.15) is 0 Å². The van der Waals surface area contributed by atoms with Crippen LogP contribution in [0.1, 0.15) is 41.6 Å². The molecule has 3 N–H and O–H groups in total. The second kappa shape index (κ2) is 6.06. The highest BCUT2D eigenvalue weighted by molar-refractivity contribution is 5.94. The fraction of sp³-hybridized carbons (Fsp3) is 0.533. The van der Waals surface area contributed by atoms with Crippen LogP contribution in [-0.4, -0.2) is 28.8 Å². The molecule has 0 aliphatic heterocycles. The number of carbonyl (C=O) groups excluding carboxylic acids is 1. The van der Waals surface area contributed by atoms with Crippen molar-refractivity contribution < 1.29 is 15.0 Å². The minimum atomic E-state index is -0.180. The Labute approximate surface area is 113 Å². The van der Waals surface area contributed by atoms with Gasteiger partial charge in [0.25, 0.3) is 5.91 Å².